The number of carbonyl (C=O) groups is 1. The number of amides is 1. The van der Waals surface area contributed by atoms with Crippen LogP contribution in [0.2, 0.25) is 0 Å². The minimum Gasteiger partial charge on any atom is -0.453 e. The lowest BCUT2D eigenvalue weighted by Gasteiger charge is -2.26. The molecule has 4 nitrogen and oxygen atoms in total. The average Bonchev–Trinajstić information content (AvgIpc) is 2.65. The molecular formula is C20H22F2N2O2. The number of benzene rings is 1. The first kappa shape index (κ1) is 18.3. The van der Waals surface area contributed by atoms with Gasteiger partial charge in [-0.15, -0.1) is 0 Å². The molecule has 2 aromatic rings. The molecule has 6 heteroatoms. The van der Waals surface area contributed by atoms with Crippen molar-refractivity contribution in [1.82, 2.24) is 4.98 Å². The monoisotopic (exact) mass is 360 g/mol. The van der Waals surface area contributed by atoms with Gasteiger partial charge in [-0.3, -0.25) is 4.79 Å². The Morgan fingerprint density at radius 1 is 1.19 bits per heavy atom. The molecule has 0 aliphatic heterocycles. The zero-order chi connectivity index (χ0) is 18.5. The second-order valence-corrected chi connectivity index (χ2v) is 6.73. The molecule has 1 fully saturated rings. The summed E-state index contributed by atoms with van der Waals surface area (Å²) in [4.78, 5) is 16.5. The molecule has 1 atom stereocenters. The van der Waals surface area contributed by atoms with Gasteiger partial charge in [-0.25, -0.2) is 13.8 Å². The van der Waals surface area contributed by atoms with Gasteiger partial charge in [-0.05, 0) is 43.0 Å². The number of ether oxygens (including phenoxy) is 1. The number of nitrogens with zero attached hydrogens (tertiary/aromatic N) is 1. The van der Waals surface area contributed by atoms with Crippen molar-refractivity contribution in [3.8, 4) is 11.5 Å². The second-order valence-electron chi connectivity index (χ2n) is 6.73. The number of hydrogen-bond acceptors (Lipinski definition) is 3. The van der Waals surface area contributed by atoms with Crippen LogP contribution < -0.4 is 10.1 Å². The summed E-state index contributed by atoms with van der Waals surface area (Å²) in [6.45, 7) is 1.96. The molecule has 1 N–H and O–H groups in total. The molecule has 1 unspecified atom stereocenters. The predicted octanol–water partition coefficient (Wildman–Crippen LogP) is 5.31. The SMILES string of the molecule is CC(C(=O)Nc1ccc(Oc2ccc(F)cc2F)cn1)C1CCCCC1. The lowest BCUT2D eigenvalue weighted by atomic mass is 9.80. The van der Waals surface area contributed by atoms with Crippen molar-refractivity contribution in [1.29, 1.82) is 0 Å². The van der Waals surface area contributed by atoms with Gasteiger partial charge in [0, 0.05) is 12.0 Å². The van der Waals surface area contributed by atoms with Gasteiger partial charge in [0.15, 0.2) is 11.6 Å². The maximum atomic E-state index is 13.6. The molecular weight excluding hydrogens is 338 g/mol. The van der Waals surface area contributed by atoms with Crippen molar-refractivity contribution in [2.45, 2.75) is 39.0 Å². The van der Waals surface area contributed by atoms with E-state index in [0.29, 0.717) is 17.5 Å². The molecule has 0 bridgehead atoms. The molecule has 1 aromatic carbocycles. The maximum Gasteiger partial charge on any atom is 0.228 e. The zero-order valence-corrected chi connectivity index (χ0v) is 14.7. The number of anilines is 1. The van der Waals surface area contributed by atoms with Crippen LogP contribution >= 0.6 is 0 Å². The maximum absolute atomic E-state index is 13.6. The zero-order valence-electron chi connectivity index (χ0n) is 14.7. The first-order valence-corrected chi connectivity index (χ1v) is 8.93. The number of halogens is 2. The molecule has 1 aliphatic carbocycles. The van der Waals surface area contributed by atoms with Crippen LogP contribution in [-0.4, -0.2) is 10.9 Å². The third-order valence-electron chi connectivity index (χ3n) is 4.88. The summed E-state index contributed by atoms with van der Waals surface area (Å²) >= 11 is 0. The van der Waals surface area contributed by atoms with E-state index in [1.165, 1.54) is 31.5 Å². The Labute approximate surface area is 151 Å². The molecule has 1 amide bonds. The standard InChI is InChI=1S/C20H22F2N2O2/c1-13(14-5-3-2-4-6-14)20(25)24-19-10-8-16(12-23-19)26-18-9-7-15(21)11-17(18)22/h7-14H,2-6H2,1H3,(H,23,24,25). The molecule has 0 radical (unpaired) electrons. The second kappa shape index (κ2) is 8.25. The molecule has 1 saturated carbocycles. The minimum atomic E-state index is -0.788. The largest absolute Gasteiger partial charge is 0.453 e. The number of carbonyl (C=O) groups excluding carboxylic acids is 1. The van der Waals surface area contributed by atoms with Gasteiger partial charge in [0.05, 0.1) is 6.20 Å². The highest BCUT2D eigenvalue weighted by atomic mass is 19.1. The minimum absolute atomic E-state index is 0.0392. The topological polar surface area (TPSA) is 51.2 Å². The van der Waals surface area contributed by atoms with Crippen molar-refractivity contribution in [3.63, 3.8) is 0 Å². The van der Waals surface area contributed by atoms with Crippen LogP contribution in [-0.2, 0) is 4.79 Å². The number of rotatable bonds is 5. The highest BCUT2D eigenvalue weighted by Gasteiger charge is 2.25. The van der Waals surface area contributed by atoms with E-state index >= 15 is 0 Å². The van der Waals surface area contributed by atoms with E-state index < -0.39 is 11.6 Å². The lowest BCUT2D eigenvalue weighted by Crippen LogP contribution is -2.28. The van der Waals surface area contributed by atoms with E-state index in [2.05, 4.69) is 10.3 Å². The molecule has 1 aliphatic rings. The van der Waals surface area contributed by atoms with Crippen LogP contribution in [0.25, 0.3) is 0 Å². The van der Waals surface area contributed by atoms with E-state index in [9.17, 15) is 13.6 Å². The third kappa shape index (κ3) is 4.56. The molecule has 0 spiro atoms. The average molecular weight is 360 g/mol. The number of aromatic nitrogens is 1. The first-order chi connectivity index (χ1) is 12.5. The summed E-state index contributed by atoms with van der Waals surface area (Å²) < 4.78 is 31.9. The van der Waals surface area contributed by atoms with E-state index in [-0.39, 0.29) is 17.6 Å². The summed E-state index contributed by atoms with van der Waals surface area (Å²) in [5.41, 5.74) is 0. The number of hydrogen-bond donors (Lipinski definition) is 1. The highest BCUT2D eigenvalue weighted by molar-refractivity contribution is 5.91. The normalized spacial score (nSPS) is 16.1. The molecule has 1 heterocycles. The van der Waals surface area contributed by atoms with Crippen molar-refractivity contribution in [3.05, 3.63) is 48.2 Å². The molecule has 1 aromatic heterocycles. The Bertz CT molecular complexity index is 759. The lowest BCUT2D eigenvalue weighted by molar-refractivity contribution is -0.121. The van der Waals surface area contributed by atoms with Crippen molar-refractivity contribution in [2.75, 3.05) is 5.32 Å². The van der Waals surface area contributed by atoms with Gasteiger partial charge in [0.1, 0.15) is 17.4 Å². The molecule has 3 rings (SSSR count). The summed E-state index contributed by atoms with van der Waals surface area (Å²) in [5.74, 6) is -0.493. The fourth-order valence-corrected chi connectivity index (χ4v) is 3.29. The fraction of sp³-hybridized carbons (Fsp3) is 0.400. The van der Waals surface area contributed by atoms with Crippen LogP contribution in [0.1, 0.15) is 39.0 Å². The highest BCUT2D eigenvalue weighted by Crippen LogP contribution is 2.30. The van der Waals surface area contributed by atoms with E-state index in [1.807, 2.05) is 6.92 Å². The van der Waals surface area contributed by atoms with Gasteiger partial charge in [-0.1, -0.05) is 26.2 Å². The van der Waals surface area contributed by atoms with Gasteiger partial charge < -0.3 is 10.1 Å². The van der Waals surface area contributed by atoms with Crippen molar-refractivity contribution in [2.24, 2.45) is 11.8 Å². The number of nitrogens with one attached hydrogen (secondary N) is 1. The Morgan fingerprint density at radius 3 is 2.62 bits per heavy atom. The Morgan fingerprint density at radius 2 is 1.96 bits per heavy atom. The summed E-state index contributed by atoms with van der Waals surface area (Å²) in [7, 11) is 0. The van der Waals surface area contributed by atoms with Gasteiger partial charge in [0.2, 0.25) is 5.91 Å². The molecule has 26 heavy (non-hydrogen) atoms. The van der Waals surface area contributed by atoms with E-state index in [4.69, 9.17) is 4.74 Å². The van der Waals surface area contributed by atoms with Crippen LogP contribution in [0.15, 0.2) is 36.5 Å². The molecule has 138 valence electrons. The fourth-order valence-electron chi connectivity index (χ4n) is 3.29. The first-order valence-electron chi connectivity index (χ1n) is 8.93. The van der Waals surface area contributed by atoms with Crippen molar-refractivity contribution >= 4 is 11.7 Å². The Hall–Kier alpha value is -2.50. The Kier molecular flexibility index (Phi) is 5.81. The summed E-state index contributed by atoms with van der Waals surface area (Å²) in [6, 6.07) is 6.27. The van der Waals surface area contributed by atoms with Crippen LogP contribution in [0.3, 0.4) is 0 Å². The quantitative estimate of drug-likeness (QED) is 0.786. The van der Waals surface area contributed by atoms with Crippen LogP contribution in [0.5, 0.6) is 11.5 Å². The van der Waals surface area contributed by atoms with Gasteiger partial charge in [0.25, 0.3) is 0 Å². The van der Waals surface area contributed by atoms with Crippen molar-refractivity contribution < 1.29 is 18.3 Å². The smallest absolute Gasteiger partial charge is 0.228 e. The Balaban J connectivity index is 1.59. The summed E-state index contributed by atoms with van der Waals surface area (Å²) in [5, 5.41) is 2.82. The van der Waals surface area contributed by atoms with E-state index in [0.717, 1.165) is 25.0 Å². The van der Waals surface area contributed by atoms with Gasteiger partial charge >= 0.3 is 0 Å². The summed E-state index contributed by atoms with van der Waals surface area (Å²) in [6.07, 6.45) is 7.21. The van der Waals surface area contributed by atoms with Crippen LogP contribution in [0, 0.1) is 23.5 Å². The van der Waals surface area contributed by atoms with Gasteiger partial charge in [-0.2, -0.15) is 0 Å². The van der Waals surface area contributed by atoms with Crippen LogP contribution in [0.4, 0.5) is 14.6 Å². The van der Waals surface area contributed by atoms with E-state index in [1.54, 1.807) is 12.1 Å². The third-order valence-corrected chi connectivity index (χ3v) is 4.88. The predicted molar refractivity (Wildman–Crippen MR) is 95.0 cm³/mol. The number of pyridine rings is 1. The molecule has 0 saturated heterocycles.